The van der Waals surface area contributed by atoms with Gasteiger partial charge in [0.05, 0.1) is 17.0 Å². The van der Waals surface area contributed by atoms with Crippen LogP contribution in [0.4, 0.5) is 5.69 Å². The monoisotopic (exact) mass is 407 g/mol. The van der Waals surface area contributed by atoms with Crippen molar-refractivity contribution in [3.63, 3.8) is 0 Å². The van der Waals surface area contributed by atoms with Crippen LogP contribution in [0.1, 0.15) is 40.5 Å². The molecule has 1 aromatic heterocycles. The van der Waals surface area contributed by atoms with E-state index in [0.717, 1.165) is 24.2 Å². The Balaban J connectivity index is 1.33. The van der Waals surface area contributed by atoms with Crippen LogP contribution in [-0.2, 0) is 11.3 Å². The van der Waals surface area contributed by atoms with E-state index in [1.807, 2.05) is 30.3 Å². The summed E-state index contributed by atoms with van der Waals surface area (Å²) >= 11 is 1.27. The number of carbonyl (C=O) groups excluding carboxylic acids is 2. The molecule has 148 valence electrons. The van der Waals surface area contributed by atoms with E-state index < -0.39 is 0 Å². The molecule has 3 aromatic rings. The maximum Gasteiger partial charge on any atom is 0.253 e. The van der Waals surface area contributed by atoms with Gasteiger partial charge in [-0.25, -0.2) is 4.98 Å². The highest BCUT2D eigenvalue weighted by atomic mass is 32.2. The molecule has 1 heterocycles. The molecule has 1 aliphatic carbocycles. The first-order valence-electron chi connectivity index (χ1n) is 9.45. The Morgan fingerprint density at radius 3 is 2.62 bits per heavy atom. The summed E-state index contributed by atoms with van der Waals surface area (Å²) in [6.07, 6.45) is 2.28. The van der Waals surface area contributed by atoms with Crippen molar-refractivity contribution in [2.24, 2.45) is 0 Å². The number of aromatic nitrogens is 3. The second-order valence-corrected chi connectivity index (χ2v) is 7.77. The van der Waals surface area contributed by atoms with Gasteiger partial charge in [0, 0.05) is 12.5 Å². The lowest BCUT2D eigenvalue weighted by atomic mass is 10.1. The molecule has 2 amide bonds. The van der Waals surface area contributed by atoms with Gasteiger partial charge in [0.1, 0.15) is 5.82 Å². The van der Waals surface area contributed by atoms with Gasteiger partial charge in [0.2, 0.25) is 11.1 Å². The summed E-state index contributed by atoms with van der Waals surface area (Å²) in [6.45, 7) is 0.423. The molecule has 8 heteroatoms. The largest absolute Gasteiger partial charge is 0.348 e. The lowest BCUT2D eigenvalue weighted by Crippen LogP contribution is -2.25. The van der Waals surface area contributed by atoms with Crippen molar-refractivity contribution in [2.75, 3.05) is 11.1 Å². The second kappa shape index (κ2) is 8.91. The third-order valence-corrected chi connectivity index (χ3v) is 5.37. The molecule has 1 fully saturated rings. The Morgan fingerprint density at radius 2 is 1.83 bits per heavy atom. The minimum Gasteiger partial charge on any atom is -0.348 e. The molecule has 1 aliphatic rings. The Labute approximate surface area is 172 Å². The maximum absolute atomic E-state index is 12.6. The molecule has 0 bridgehead atoms. The third kappa shape index (κ3) is 5.23. The molecular formula is C21H21N5O2S. The summed E-state index contributed by atoms with van der Waals surface area (Å²) in [5.41, 5.74) is 1.92. The van der Waals surface area contributed by atoms with Crippen LogP contribution in [0.5, 0.6) is 0 Å². The molecular weight excluding hydrogens is 386 g/mol. The van der Waals surface area contributed by atoms with Crippen LogP contribution in [0.15, 0.2) is 59.8 Å². The average Bonchev–Trinajstić information content (AvgIpc) is 3.49. The molecule has 0 aliphatic heterocycles. The van der Waals surface area contributed by atoms with Crippen molar-refractivity contribution >= 4 is 29.3 Å². The van der Waals surface area contributed by atoms with E-state index >= 15 is 0 Å². The first kappa shape index (κ1) is 19.2. The quantitative estimate of drug-likeness (QED) is 0.497. The molecule has 7 nitrogen and oxygen atoms in total. The van der Waals surface area contributed by atoms with E-state index in [0.29, 0.717) is 28.9 Å². The summed E-state index contributed by atoms with van der Waals surface area (Å²) in [5, 5.41) is 13.3. The van der Waals surface area contributed by atoms with Crippen LogP contribution < -0.4 is 10.6 Å². The molecule has 29 heavy (non-hydrogen) atoms. The Hall–Kier alpha value is -3.13. The number of amides is 2. The minimum atomic E-state index is -0.236. The summed E-state index contributed by atoms with van der Waals surface area (Å²) in [6, 6.07) is 16.6. The molecule has 0 unspecified atom stereocenters. The number of hydrogen-bond donors (Lipinski definition) is 3. The maximum atomic E-state index is 12.6. The van der Waals surface area contributed by atoms with Crippen molar-refractivity contribution in [1.82, 2.24) is 20.5 Å². The predicted octanol–water partition coefficient (Wildman–Crippen LogP) is 3.34. The number of anilines is 1. The predicted molar refractivity (Wildman–Crippen MR) is 112 cm³/mol. The van der Waals surface area contributed by atoms with E-state index in [1.54, 1.807) is 24.3 Å². The molecule has 2 aromatic carbocycles. The highest BCUT2D eigenvalue weighted by Crippen LogP contribution is 2.38. The van der Waals surface area contributed by atoms with Gasteiger partial charge in [-0.15, -0.1) is 5.10 Å². The smallest absolute Gasteiger partial charge is 0.253 e. The fourth-order valence-electron chi connectivity index (χ4n) is 2.84. The fraction of sp³-hybridized carbons (Fsp3) is 0.238. The van der Waals surface area contributed by atoms with Crippen molar-refractivity contribution in [2.45, 2.75) is 30.5 Å². The van der Waals surface area contributed by atoms with Crippen LogP contribution in [0.3, 0.4) is 0 Å². The normalized spacial score (nSPS) is 13.1. The number of para-hydroxylation sites is 1. The zero-order valence-corrected chi connectivity index (χ0v) is 16.5. The number of benzene rings is 2. The lowest BCUT2D eigenvalue weighted by molar-refractivity contribution is -0.113. The molecule has 3 N–H and O–H groups in total. The molecule has 0 atom stereocenters. The van der Waals surface area contributed by atoms with Crippen LogP contribution in [-0.4, -0.2) is 32.7 Å². The van der Waals surface area contributed by atoms with Crippen LogP contribution >= 0.6 is 11.8 Å². The van der Waals surface area contributed by atoms with Crippen LogP contribution in [0.2, 0.25) is 0 Å². The van der Waals surface area contributed by atoms with Gasteiger partial charge in [-0.1, -0.05) is 54.2 Å². The molecule has 0 spiro atoms. The van der Waals surface area contributed by atoms with Crippen LogP contribution in [0, 0.1) is 0 Å². The van der Waals surface area contributed by atoms with E-state index in [4.69, 9.17) is 0 Å². The summed E-state index contributed by atoms with van der Waals surface area (Å²) in [7, 11) is 0. The average molecular weight is 407 g/mol. The SMILES string of the molecule is O=C(CSc1n[nH]c(C2CC2)n1)Nc1ccccc1C(=O)NCc1ccccc1. The molecule has 1 saturated carbocycles. The van der Waals surface area contributed by atoms with Crippen LogP contribution in [0.25, 0.3) is 0 Å². The van der Waals surface area contributed by atoms with Crippen molar-refractivity contribution in [3.05, 3.63) is 71.5 Å². The van der Waals surface area contributed by atoms with Gasteiger partial charge in [0.25, 0.3) is 5.91 Å². The molecule has 0 radical (unpaired) electrons. The highest BCUT2D eigenvalue weighted by molar-refractivity contribution is 7.99. The summed E-state index contributed by atoms with van der Waals surface area (Å²) in [5.74, 6) is 1.11. The molecule has 4 rings (SSSR count). The number of hydrogen-bond acceptors (Lipinski definition) is 5. The lowest BCUT2D eigenvalue weighted by Gasteiger charge is -2.11. The number of rotatable bonds is 8. The first-order valence-corrected chi connectivity index (χ1v) is 10.4. The Morgan fingerprint density at radius 1 is 1.07 bits per heavy atom. The van der Waals surface area contributed by atoms with Gasteiger partial charge >= 0.3 is 0 Å². The van der Waals surface area contributed by atoms with E-state index in [9.17, 15) is 9.59 Å². The number of aromatic amines is 1. The number of H-pyrrole nitrogens is 1. The van der Waals surface area contributed by atoms with E-state index in [2.05, 4.69) is 25.8 Å². The fourth-order valence-corrected chi connectivity index (χ4v) is 3.45. The third-order valence-electron chi connectivity index (χ3n) is 4.52. The van der Waals surface area contributed by atoms with Gasteiger partial charge in [-0.05, 0) is 30.5 Å². The first-order chi connectivity index (χ1) is 14.2. The van der Waals surface area contributed by atoms with Gasteiger partial charge in [-0.3, -0.25) is 14.7 Å². The zero-order chi connectivity index (χ0) is 20.1. The summed E-state index contributed by atoms with van der Waals surface area (Å²) in [4.78, 5) is 29.3. The van der Waals surface area contributed by atoms with Crippen molar-refractivity contribution < 1.29 is 9.59 Å². The van der Waals surface area contributed by atoms with E-state index in [-0.39, 0.29) is 17.6 Å². The number of nitrogens with one attached hydrogen (secondary N) is 3. The minimum absolute atomic E-state index is 0.169. The highest BCUT2D eigenvalue weighted by Gasteiger charge is 2.27. The second-order valence-electron chi connectivity index (χ2n) is 6.83. The standard InChI is InChI=1S/C21H21N5O2S/c27-18(13-29-21-24-19(25-26-21)15-10-11-15)23-17-9-5-4-8-16(17)20(28)22-12-14-6-2-1-3-7-14/h1-9,15H,10-13H2,(H,22,28)(H,23,27)(H,24,25,26). The number of carbonyl (C=O) groups is 2. The van der Waals surface area contributed by atoms with Gasteiger partial charge in [-0.2, -0.15) is 0 Å². The topological polar surface area (TPSA) is 99.8 Å². The van der Waals surface area contributed by atoms with Crippen molar-refractivity contribution in [3.8, 4) is 0 Å². The summed E-state index contributed by atoms with van der Waals surface area (Å²) < 4.78 is 0. The number of nitrogens with zero attached hydrogens (tertiary/aromatic N) is 2. The van der Waals surface area contributed by atoms with Crippen molar-refractivity contribution in [1.29, 1.82) is 0 Å². The van der Waals surface area contributed by atoms with E-state index in [1.165, 1.54) is 11.8 Å². The Kier molecular flexibility index (Phi) is 5.90. The van der Waals surface area contributed by atoms with Gasteiger partial charge in [0.15, 0.2) is 0 Å². The Bertz CT molecular complexity index is 1000. The van der Waals surface area contributed by atoms with Gasteiger partial charge < -0.3 is 10.6 Å². The zero-order valence-electron chi connectivity index (χ0n) is 15.7. The molecule has 0 saturated heterocycles. The number of thioether (sulfide) groups is 1.